The number of pyridine rings is 1. The van der Waals surface area contributed by atoms with Crippen LogP contribution in [-0.4, -0.2) is 4.98 Å². The largest absolute Gasteiger partial charge is 0.256 e. The summed E-state index contributed by atoms with van der Waals surface area (Å²) in [5, 5.41) is 7.55. The third kappa shape index (κ3) is 3.37. The van der Waals surface area contributed by atoms with Gasteiger partial charge in [-0.2, -0.15) is 0 Å². The fourth-order valence-corrected chi connectivity index (χ4v) is 9.35. The number of aromatic nitrogens is 1. The molecule has 0 amide bonds. The SMILES string of the molecule is c1ccc2c(c1)-c1ccccc1C21c2cccnc2-c2c(-c3c4ccccc4c(-c4cccc5ccccc45)c4ccccc34)cccc21. The van der Waals surface area contributed by atoms with E-state index in [1.807, 2.05) is 6.20 Å². The van der Waals surface area contributed by atoms with Gasteiger partial charge in [-0.3, -0.25) is 4.98 Å². The van der Waals surface area contributed by atoms with Crippen LogP contribution in [0.15, 0.2) is 176 Å². The van der Waals surface area contributed by atoms with Gasteiger partial charge in [-0.1, -0.05) is 164 Å². The lowest BCUT2D eigenvalue weighted by Gasteiger charge is -2.30. The second-order valence-corrected chi connectivity index (χ2v) is 13.3. The molecule has 0 radical (unpaired) electrons. The van der Waals surface area contributed by atoms with Crippen LogP contribution in [0.5, 0.6) is 0 Å². The molecular formula is C48H29N. The Morgan fingerprint density at radius 3 is 1.43 bits per heavy atom. The summed E-state index contributed by atoms with van der Waals surface area (Å²) in [5.41, 5.74) is 14.8. The predicted molar refractivity (Wildman–Crippen MR) is 204 cm³/mol. The van der Waals surface area contributed by atoms with E-state index in [0.29, 0.717) is 0 Å². The lowest BCUT2D eigenvalue weighted by atomic mass is 9.70. The monoisotopic (exact) mass is 619 g/mol. The third-order valence-electron chi connectivity index (χ3n) is 11.1. The second kappa shape index (κ2) is 9.86. The molecule has 0 unspecified atom stereocenters. The van der Waals surface area contributed by atoms with Gasteiger partial charge in [0.15, 0.2) is 0 Å². The molecule has 49 heavy (non-hydrogen) atoms. The van der Waals surface area contributed by atoms with Crippen molar-refractivity contribution in [3.05, 3.63) is 198 Å². The molecule has 1 nitrogen and oxygen atoms in total. The minimum Gasteiger partial charge on any atom is -0.256 e. The van der Waals surface area contributed by atoms with E-state index in [9.17, 15) is 0 Å². The van der Waals surface area contributed by atoms with Crippen molar-refractivity contribution in [3.8, 4) is 44.6 Å². The highest BCUT2D eigenvalue weighted by Gasteiger charge is 2.52. The lowest BCUT2D eigenvalue weighted by Crippen LogP contribution is -2.25. The first-order valence-corrected chi connectivity index (χ1v) is 17.1. The third-order valence-corrected chi connectivity index (χ3v) is 11.1. The van der Waals surface area contributed by atoms with Crippen molar-refractivity contribution >= 4 is 32.3 Å². The molecule has 2 aliphatic carbocycles. The Morgan fingerprint density at radius 1 is 0.306 bits per heavy atom. The molecule has 9 aromatic rings. The standard InChI is InChI=1S/C48H29N/c1-2-16-31-30(14-1)15-11-23-34(31)44-35-19-3-5-21-37(35)45(38-22-6-4-20-36(38)44)39-24-12-27-42-46(39)47-43(28-13-29-49-47)48(42)40-25-9-7-17-32(40)33-18-8-10-26-41(33)48/h1-29H. The minimum atomic E-state index is -0.434. The highest BCUT2D eigenvalue weighted by atomic mass is 14.7. The smallest absolute Gasteiger partial charge is 0.0759 e. The van der Waals surface area contributed by atoms with Gasteiger partial charge < -0.3 is 0 Å². The zero-order valence-electron chi connectivity index (χ0n) is 26.7. The summed E-state index contributed by atoms with van der Waals surface area (Å²) in [6.45, 7) is 0. The summed E-state index contributed by atoms with van der Waals surface area (Å²) in [4.78, 5) is 5.21. The number of rotatable bonds is 2. The van der Waals surface area contributed by atoms with E-state index < -0.39 is 5.41 Å². The van der Waals surface area contributed by atoms with Gasteiger partial charge >= 0.3 is 0 Å². The number of hydrogen-bond acceptors (Lipinski definition) is 1. The molecule has 1 spiro atoms. The van der Waals surface area contributed by atoms with Crippen LogP contribution in [0.1, 0.15) is 22.3 Å². The van der Waals surface area contributed by atoms with Gasteiger partial charge in [0, 0.05) is 11.8 Å². The summed E-state index contributed by atoms with van der Waals surface area (Å²) >= 11 is 0. The first-order chi connectivity index (χ1) is 24.4. The van der Waals surface area contributed by atoms with E-state index in [1.54, 1.807) is 0 Å². The molecule has 226 valence electrons. The van der Waals surface area contributed by atoms with E-state index in [4.69, 9.17) is 4.98 Å². The van der Waals surface area contributed by atoms with Gasteiger partial charge in [-0.15, -0.1) is 0 Å². The number of hydrogen-bond donors (Lipinski definition) is 0. The van der Waals surface area contributed by atoms with Crippen molar-refractivity contribution in [1.29, 1.82) is 0 Å². The molecule has 0 saturated heterocycles. The molecule has 0 atom stereocenters. The van der Waals surface area contributed by atoms with Gasteiger partial charge in [0.25, 0.3) is 0 Å². The summed E-state index contributed by atoms with van der Waals surface area (Å²) in [5.74, 6) is 0. The highest BCUT2D eigenvalue weighted by Crippen LogP contribution is 2.64. The average molecular weight is 620 g/mol. The quantitative estimate of drug-likeness (QED) is 0.175. The predicted octanol–water partition coefficient (Wildman–Crippen LogP) is 12.2. The second-order valence-electron chi connectivity index (χ2n) is 13.3. The van der Waals surface area contributed by atoms with Crippen LogP contribution in [0.2, 0.25) is 0 Å². The Bertz CT molecular complexity index is 2730. The topological polar surface area (TPSA) is 12.9 Å². The first-order valence-electron chi connectivity index (χ1n) is 17.1. The molecule has 0 bridgehead atoms. The Labute approximate surface area is 284 Å². The van der Waals surface area contributed by atoms with Crippen molar-refractivity contribution in [2.75, 3.05) is 0 Å². The van der Waals surface area contributed by atoms with Crippen LogP contribution in [0, 0.1) is 0 Å². The lowest BCUT2D eigenvalue weighted by molar-refractivity contribution is 0.791. The molecule has 0 aliphatic heterocycles. The Morgan fingerprint density at radius 2 is 0.755 bits per heavy atom. The fourth-order valence-electron chi connectivity index (χ4n) is 9.35. The van der Waals surface area contributed by atoms with E-state index in [-0.39, 0.29) is 0 Å². The normalized spacial score (nSPS) is 13.5. The van der Waals surface area contributed by atoms with Gasteiger partial charge in [0.05, 0.1) is 11.1 Å². The van der Waals surface area contributed by atoms with Crippen LogP contribution in [0.3, 0.4) is 0 Å². The molecule has 11 rings (SSSR count). The highest BCUT2D eigenvalue weighted by molar-refractivity contribution is 6.24. The van der Waals surface area contributed by atoms with Crippen molar-refractivity contribution < 1.29 is 0 Å². The molecular weight excluding hydrogens is 591 g/mol. The van der Waals surface area contributed by atoms with Crippen LogP contribution < -0.4 is 0 Å². The van der Waals surface area contributed by atoms with Crippen LogP contribution in [-0.2, 0) is 5.41 Å². The first kappa shape index (κ1) is 26.7. The Kier molecular flexibility index (Phi) is 5.38. The number of benzene rings is 8. The van der Waals surface area contributed by atoms with Gasteiger partial charge in [0.2, 0.25) is 0 Å². The van der Waals surface area contributed by atoms with Crippen molar-refractivity contribution in [3.63, 3.8) is 0 Å². The van der Waals surface area contributed by atoms with Gasteiger partial charge in [-0.25, -0.2) is 0 Å². The molecule has 1 aromatic heterocycles. The van der Waals surface area contributed by atoms with Crippen LogP contribution in [0.25, 0.3) is 77.0 Å². The van der Waals surface area contributed by atoms with Gasteiger partial charge in [-0.05, 0) is 94.0 Å². The maximum absolute atomic E-state index is 5.21. The van der Waals surface area contributed by atoms with E-state index in [2.05, 4.69) is 170 Å². The molecule has 1 heteroatoms. The van der Waals surface area contributed by atoms with E-state index in [0.717, 1.165) is 5.69 Å². The summed E-state index contributed by atoms with van der Waals surface area (Å²) < 4.78 is 0. The molecule has 2 aliphatic rings. The summed E-state index contributed by atoms with van der Waals surface area (Å²) in [6.07, 6.45) is 1.96. The minimum absolute atomic E-state index is 0.434. The van der Waals surface area contributed by atoms with E-state index in [1.165, 1.54) is 93.5 Å². The van der Waals surface area contributed by atoms with Crippen LogP contribution in [0.4, 0.5) is 0 Å². The summed E-state index contributed by atoms with van der Waals surface area (Å²) in [6, 6.07) is 62.8. The molecule has 8 aromatic carbocycles. The average Bonchev–Trinajstić information content (AvgIpc) is 3.65. The molecule has 0 fully saturated rings. The van der Waals surface area contributed by atoms with Crippen LogP contribution >= 0.6 is 0 Å². The molecule has 0 N–H and O–H groups in total. The zero-order valence-corrected chi connectivity index (χ0v) is 26.7. The number of nitrogens with zero attached hydrogens (tertiary/aromatic N) is 1. The van der Waals surface area contributed by atoms with Crippen molar-refractivity contribution in [1.82, 2.24) is 4.98 Å². The Hall–Kier alpha value is -6.31. The van der Waals surface area contributed by atoms with Crippen molar-refractivity contribution in [2.24, 2.45) is 0 Å². The molecule has 0 saturated carbocycles. The molecule has 1 heterocycles. The van der Waals surface area contributed by atoms with E-state index >= 15 is 0 Å². The maximum Gasteiger partial charge on any atom is 0.0759 e. The zero-order chi connectivity index (χ0) is 32.1. The van der Waals surface area contributed by atoms with Gasteiger partial charge in [0.1, 0.15) is 0 Å². The maximum atomic E-state index is 5.21. The van der Waals surface area contributed by atoms with Crippen molar-refractivity contribution in [2.45, 2.75) is 5.41 Å². The Balaban J connectivity index is 1.30. The summed E-state index contributed by atoms with van der Waals surface area (Å²) in [7, 11) is 0. The fraction of sp³-hybridized carbons (Fsp3) is 0.0208. The number of fused-ring (bicyclic) bond motifs is 13.